The van der Waals surface area contributed by atoms with Gasteiger partial charge in [0.15, 0.2) is 23.0 Å². The molecule has 0 radical (unpaired) electrons. The Bertz CT molecular complexity index is 1810. The molecule has 3 aromatic carbocycles. The fourth-order valence-corrected chi connectivity index (χ4v) is 5.38. The topological polar surface area (TPSA) is 137 Å². The zero-order chi connectivity index (χ0) is 30.2. The molecule has 0 saturated carbocycles. The molecule has 0 spiro atoms. The van der Waals surface area contributed by atoms with E-state index >= 15 is 0 Å². The quantitative estimate of drug-likeness (QED) is 0.305. The maximum atomic E-state index is 14.3. The lowest BCUT2D eigenvalue weighted by Crippen LogP contribution is -2.46. The Morgan fingerprint density at radius 3 is 2.36 bits per heavy atom. The number of carbonyl (C=O) groups is 4. The number of hydrogen-bond donors (Lipinski definition) is 1. The third-order valence-corrected chi connectivity index (χ3v) is 7.48. The number of fused-ring (bicyclic) bond motifs is 3. The molecule has 3 aliphatic rings. The van der Waals surface area contributed by atoms with Crippen LogP contribution in [0.1, 0.15) is 27.5 Å². The van der Waals surface area contributed by atoms with Crippen LogP contribution in [-0.4, -0.2) is 53.5 Å². The molecule has 1 aromatic heterocycles. The van der Waals surface area contributed by atoms with Crippen LogP contribution in [0.15, 0.2) is 85.2 Å². The number of nitrogens with one attached hydrogen (secondary N) is 1. The number of rotatable bonds is 8. The summed E-state index contributed by atoms with van der Waals surface area (Å²) in [5.41, 5.74) is 2.06. The van der Waals surface area contributed by atoms with E-state index in [4.69, 9.17) is 18.9 Å². The van der Waals surface area contributed by atoms with Crippen molar-refractivity contribution in [2.45, 2.75) is 12.6 Å². The molecule has 0 aliphatic carbocycles. The van der Waals surface area contributed by atoms with E-state index in [1.54, 1.807) is 85.2 Å². The highest BCUT2D eigenvalue weighted by Crippen LogP contribution is 2.38. The Balaban J connectivity index is 1.28. The number of benzene rings is 3. The van der Waals surface area contributed by atoms with Gasteiger partial charge < -0.3 is 29.2 Å². The van der Waals surface area contributed by atoms with Gasteiger partial charge in [0.05, 0.1) is 11.3 Å². The van der Waals surface area contributed by atoms with Crippen LogP contribution >= 0.6 is 0 Å². The smallest absolute Gasteiger partial charge is 0.299 e. The maximum Gasteiger partial charge on any atom is 0.299 e. The molecule has 12 nitrogen and oxygen atoms in total. The summed E-state index contributed by atoms with van der Waals surface area (Å²) in [5, 5.41) is 2.89. The molecule has 4 aromatic rings. The number of pyridine rings is 1. The first-order chi connectivity index (χ1) is 21.5. The van der Waals surface area contributed by atoms with Gasteiger partial charge in [0.1, 0.15) is 12.6 Å². The second-order valence-corrected chi connectivity index (χ2v) is 10.2. The van der Waals surface area contributed by atoms with E-state index in [0.717, 1.165) is 4.90 Å². The molecular weight excluding hydrogens is 568 g/mol. The minimum absolute atomic E-state index is 0.0235. The number of ketones is 1. The molecule has 7 rings (SSSR count). The molecule has 0 fully saturated rings. The van der Waals surface area contributed by atoms with Crippen LogP contribution < -0.4 is 29.2 Å². The SMILES string of the molecule is O=C1C(=O)N(CC(=O)N(Cc2cccnc2)C(C(=O)Nc2ccc3c(c2)OCO3)c2ccc3c(c2)OCO3)c2ccccc21. The monoisotopic (exact) mass is 592 g/mol. The predicted octanol–water partition coefficient (Wildman–Crippen LogP) is 3.48. The van der Waals surface area contributed by atoms with E-state index in [0.29, 0.717) is 45.5 Å². The van der Waals surface area contributed by atoms with Gasteiger partial charge in [-0.15, -0.1) is 0 Å². The zero-order valence-electron chi connectivity index (χ0n) is 23.1. The normalized spacial score (nSPS) is 14.8. The minimum Gasteiger partial charge on any atom is -0.454 e. The van der Waals surface area contributed by atoms with Crippen molar-refractivity contribution in [3.05, 3.63) is 102 Å². The van der Waals surface area contributed by atoms with E-state index in [1.807, 2.05) is 0 Å². The number of ether oxygens (including phenoxy) is 4. The Labute approximate surface area is 250 Å². The summed E-state index contributed by atoms with van der Waals surface area (Å²) >= 11 is 0. The lowest BCUT2D eigenvalue weighted by Gasteiger charge is -2.33. The summed E-state index contributed by atoms with van der Waals surface area (Å²) in [5.74, 6) is -0.668. The molecule has 220 valence electrons. The predicted molar refractivity (Wildman–Crippen MR) is 154 cm³/mol. The van der Waals surface area contributed by atoms with E-state index < -0.39 is 36.1 Å². The number of aromatic nitrogens is 1. The molecular formula is C32H24N4O8. The van der Waals surface area contributed by atoms with E-state index in [9.17, 15) is 19.2 Å². The molecule has 1 unspecified atom stereocenters. The number of Topliss-reactive ketones (excluding diaryl/α,β-unsaturated/α-hetero) is 1. The number of nitrogens with zero attached hydrogens (tertiary/aromatic N) is 3. The van der Waals surface area contributed by atoms with Crippen molar-refractivity contribution in [3.8, 4) is 23.0 Å². The van der Waals surface area contributed by atoms with Crippen molar-refractivity contribution in [2.75, 3.05) is 30.3 Å². The first-order valence-corrected chi connectivity index (χ1v) is 13.7. The highest BCUT2D eigenvalue weighted by Gasteiger charge is 2.40. The first-order valence-electron chi connectivity index (χ1n) is 13.7. The number of hydrogen-bond acceptors (Lipinski definition) is 9. The Kier molecular flexibility index (Phi) is 6.78. The van der Waals surface area contributed by atoms with E-state index in [1.165, 1.54) is 4.90 Å². The summed E-state index contributed by atoms with van der Waals surface area (Å²) in [6, 6.07) is 18.8. The van der Waals surface area contributed by atoms with Crippen LogP contribution in [0, 0.1) is 0 Å². The average molecular weight is 593 g/mol. The maximum absolute atomic E-state index is 14.3. The van der Waals surface area contributed by atoms with Crippen molar-refractivity contribution in [1.82, 2.24) is 9.88 Å². The van der Waals surface area contributed by atoms with Crippen LogP contribution in [0.4, 0.5) is 11.4 Å². The molecule has 1 atom stereocenters. The molecule has 0 saturated heterocycles. The van der Waals surface area contributed by atoms with Gasteiger partial charge in [-0.05, 0) is 53.6 Å². The molecule has 3 amide bonds. The van der Waals surface area contributed by atoms with Crippen molar-refractivity contribution >= 4 is 34.9 Å². The average Bonchev–Trinajstić information content (AvgIpc) is 3.77. The Hall–Kier alpha value is -5.91. The molecule has 0 bridgehead atoms. The second kappa shape index (κ2) is 11.1. The fraction of sp³-hybridized carbons (Fsp3) is 0.156. The molecule has 1 N–H and O–H groups in total. The van der Waals surface area contributed by atoms with Gasteiger partial charge in [-0.1, -0.05) is 24.3 Å². The Morgan fingerprint density at radius 2 is 1.59 bits per heavy atom. The standard InChI is InChI=1S/C32H24N4O8/c37-28(16-35-23-6-2-1-5-22(23)30(38)32(35)40)36(15-19-4-3-11-33-14-19)29(20-7-9-24-26(12-20)43-17-41-24)31(39)34-21-8-10-25-27(13-21)44-18-42-25/h1-14,29H,15-18H2,(H,34,39). The number of anilines is 2. The van der Waals surface area contributed by atoms with Crippen molar-refractivity contribution in [1.29, 1.82) is 0 Å². The molecule has 3 aliphatic heterocycles. The molecule has 12 heteroatoms. The van der Waals surface area contributed by atoms with Crippen LogP contribution in [0.25, 0.3) is 0 Å². The summed E-state index contributed by atoms with van der Waals surface area (Å²) in [6.45, 7) is -0.408. The van der Waals surface area contributed by atoms with Crippen LogP contribution in [0.5, 0.6) is 23.0 Å². The summed E-state index contributed by atoms with van der Waals surface area (Å²) < 4.78 is 21.9. The Morgan fingerprint density at radius 1 is 0.864 bits per heavy atom. The van der Waals surface area contributed by atoms with Crippen LogP contribution in [0.3, 0.4) is 0 Å². The lowest BCUT2D eigenvalue weighted by molar-refractivity contribution is -0.139. The highest BCUT2D eigenvalue weighted by molar-refractivity contribution is 6.52. The summed E-state index contributed by atoms with van der Waals surface area (Å²) in [7, 11) is 0. The van der Waals surface area contributed by atoms with Crippen molar-refractivity contribution < 1.29 is 38.1 Å². The van der Waals surface area contributed by atoms with Gasteiger partial charge in [-0.3, -0.25) is 29.1 Å². The largest absolute Gasteiger partial charge is 0.454 e. The molecule has 4 heterocycles. The van der Waals surface area contributed by atoms with Gasteiger partial charge in [0, 0.05) is 30.7 Å². The third-order valence-electron chi connectivity index (χ3n) is 7.48. The number of para-hydroxylation sites is 1. The number of carbonyl (C=O) groups excluding carboxylic acids is 4. The van der Waals surface area contributed by atoms with E-state index in [2.05, 4.69) is 10.3 Å². The van der Waals surface area contributed by atoms with Crippen LogP contribution in [0.2, 0.25) is 0 Å². The third kappa shape index (κ3) is 4.91. The first kappa shape index (κ1) is 27.0. The molecule has 44 heavy (non-hydrogen) atoms. The lowest BCUT2D eigenvalue weighted by atomic mass is 10.0. The van der Waals surface area contributed by atoms with Gasteiger partial charge in [0.2, 0.25) is 19.5 Å². The highest BCUT2D eigenvalue weighted by atomic mass is 16.7. The van der Waals surface area contributed by atoms with E-state index in [-0.39, 0.29) is 25.7 Å². The summed E-state index contributed by atoms with van der Waals surface area (Å²) in [6.07, 6.45) is 3.19. The van der Waals surface area contributed by atoms with Gasteiger partial charge in [-0.25, -0.2) is 0 Å². The summed E-state index contributed by atoms with van der Waals surface area (Å²) in [4.78, 5) is 60.8. The fourth-order valence-electron chi connectivity index (χ4n) is 5.38. The van der Waals surface area contributed by atoms with Crippen molar-refractivity contribution in [3.63, 3.8) is 0 Å². The minimum atomic E-state index is -1.20. The second-order valence-electron chi connectivity index (χ2n) is 10.2. The number of amides is 3. The van der Waals surface area contributed by atoms with Gasteiger partial charge in [0.25, 0.3) is 17.6 Å². The van der Waals surface area contributed by atoms with Gasteiger partial charge in [-0.2, -0.15) is 0 Å². The zero-order valence-corrected chi connectivity index (χ0v) is 23.1. The van der Waals surface area contributed by atoms with Crippen LogP contribution in [-0.2, 0) is 20.9 Å². The van der Waals surface area contributed by atoms with Gasteiger partial charge >= 0.3 is 0 Å². The van der Waals surface area contributed by atoms with Crippen molar-refractivity contribution in [2.24, 2.45) is 0 Å².